The maximum atomic E-state index is 3.45. The molecule has 0 aliphatic carbocycles. The van der Waals surface area contributed by atoms with Crippen LogP contribution in [0.1, 0.15) is 25.3 Å². The molecule has 1 heteroatoms. The van der Waals surface area contributed by atoms with E-state index < -0.39 is 0 Å². The molecule has 0 radical (unpaired) electrons. The molecule has 2 atom stereocenters. The number of para-hydroxylation sites is 1. The van der Waals surface area contributed by atoms with Crippen LogP contribution in [-0.2, 0) is 0 Å². The summed E-state index contributed by atoms with van der Waals surface area (Å²) in [7, 11) is 0. The summed E-state index contributed by atoms with van der Waals surface area (Å²) in [6.07, 6.45) is 0. The van der Waals surface area contributed by atoms with E-state index in [4.69, 9.17) is 0 Å². The molecule has 0 aromatic heterocycles. The van der Waals surface area contributed by atoms with Crippen LogP contribution in [0.25, 0.3) is 0 Å². The monoisotopic (exact) mass is 147 g/mol. The summed E-state index contributed by atoms with van der Waals surface area (Å²) in [6, 6.07) is 9.13. The minimum Gasteiger partial charge on any atom is -0.382 e. The fraction of sp³-hybridized carbons (Fsp3) is 0.400. The van der Waals surface area contributed by atoms with Gasteiger partial charge in [0.25, 0.3) is 0 Å². The highest BCUT2D eigenvalue weighted by Crippen LogP contribution is 2.34. The van der Waals surface area contributed by atoms with Crippen molar-refractivity contribution in [3.8, 4) is 0 Å². The molecular formula is C10H13N. The Morgan fingerprint density at radius 1 is 1.18 bits per heavy atom. The standard InChI is InChI=1S/C10H13N/c1-7-8(2)11-10-6-4-3-5-9(7)10/h3-8,11H,1-2H3/t7-,8?/m0/s1. The fourth-order valence-corrected chi connectivity index (χ4v) is 1.67. The predicted octanol–water partition coefficient (Wildman–Crippen LogP) is 2.60. The molecule has 1 aromatic carbocycles. The predicted molar refractivity (Wildman–Crippen MR) is 47.9 cm³/mol. The lowest BCUT2D eigenvalue weighted by molar-refractivity contribution is 0.690. The van der Waals surface area contributed by atoms with Crippen molar-refractivity contribution in [2.45, 2.75) is 25.8 Å². The maximum absolute atomic E-state index is 3.45. The molecule has 1 nitrogen and oxygen atoms in total. The summed E-state index contributed by atoms with van der Waals surface area (Å²) < 4.78 is 0. The van der Waals surface area contributed by atoms with E-state index in [0.717, 1.165) is 0 Å². The molecule has 2 rings (SSSR count). The number of hydrogen-bond acceptors (Lipinski definition) is 1. The quantitative estimate of drug-likeness (QED) is 0.594. The van der Waals surface area contributed by atoms with Crippen LogP contribution in [0, 0.1) is 0 Å². The Morgan fingerprint density at radius 3 is 2.64 bits per heavy atom. The molecule has 58 valence electrons. The number of anilines is 1. The molecule has 0 saturated heterocycles. The molecule has 1 aliphatic heterocycles. The highest BCUT2D eigenvalue weighted by atomic mass is 15.0. The lowest BCUT2D eigenvalue weighted by atomic mass is 9.99. The van der Waals surface area contributed by atoms with Crippen LogP contribution in [0.4, 0.5) is 5.69 Å². The van der Waals surface area contributed by atoms with Crippen molar-refractivity contribution >= 4 is 5.69 Å². The van der Waals surface area contributed by atoms with Gasteiger partial charge in [-0.1, -0.05) is 25.1 Å². The number of rotatable bonds is 0. The van der Waals surface area contributed by atoms with Crippen molar-refractivity contribution < 1.29 is 0 Å². The van der Waals surface area contributed by atoms with E-state index in [0.29, 0.717) is 12.0 Å². The van der Waals surface area contributed by atoms with Gasteiger partial charge in [0.1, 0.15) is 0 Å². The van der Waals surface area contributed by atoms with E-state index in [1.165, 1.54) is 11.3 Å². The molecule has 1 unspecified atom stereocenters. The third-order valence-corrected chi connectivity index (χ3v) is 2.58. The second kappa shape index (κ2) is 2.26. The third-order valence-electron chi connectivity index (χ3n) is 2.58. The van der Waals surface area contributed by atoms with Gasteiger partial charge in [-0.05, 0) is 18.6 Å². The van der Waals surface area contributed by atoms with E-state index >= 15 is 0 Å². The van der Waals surface area contributed by atoms with Gasteiger partial charge < -0.3 is 5.32 Å². The highest BCUT2D eigenvalue weighted by molar-refractivity contribution is 5.58. The van der Waals surface area contributed by atoms with Crippen molar-refractivity contribution in [3.05, 3.63) is 29.8 Å². The Balaban J connectivity index is 2.47. The van der Waals surface area contributed by atoms with Crippen LogP contribution in [0.15, 0.2) is 24.3 Å². The molecule has 0 bridgehead atoms. The third kappa shape index (κ3) is 0.917. The van der Waals surface area contributed by atoms with Gasteiger partial charge in [0.05, 0.1) is 0 Å². The van der Waals surface area contributed by atoms with Gasteiger partial charge in [-0.3, -0.25) is 0 Å². The minimum atomic E-state index is 0.590. The zero-order valence-electron chi connectivity index (χ0n) is 6.96. The van der Waals surface area contributed by atoms with Crippen molar-refractivity contribution in [2.75, 3.05) is 5.32 Å². The second-order valence-electron chi connectivity index (χ2n) is 3.31. The summed E-state index contributed by atoms with van der Waals surface area (Å²) in [4.78, 5) is 0. The number of fused-ring (bicyclic) bond motifs is 1. The van der Waals surface area contributed by atoms with E-state index in [2.05, 4.69) is 43.4 Å². The molecule has 1 aromatic rings. The smallest absolute Gasteiger partial charge is 0.0378 e. The Kier molecular flexibility index (Phi) is 1.38. The fourth-order valence-electron chi connectivity index (χ4n) is 1.67. The first-order valence-electron chi connectivity index (χ1n) is 4.14. The first-order valence-corrected chi connectivity index (χ1v) is 4.14. The van der Waals surface area contributed by atoms with E-state index in [9.17, 15) is 0 Å². The Labute approximate surface area is 67.4 Å². The molecule has 1 heterocycles. The van der Waals surface area contributed by atoms with Crippen molar-refractivity contribution in [1.82, 2.24) is 0 Å². The molecule has 1 N–H and O–H groups in total. The summed E-state index contributed by atoms with van der Waals surface area (Å²) in [5.41, 5.74) is 2.77. The number of nitrogens with one attached hydrogen (secondary N) is 1. The molecule has 0 spiro atoms. The molecular weight excluding hydrogens is 134 g/mol. The van der Waals surface area contributed by atoms with Gasteiger partial charge in [-0.2, -0.15) is 0 Å². The lowest BCUT2D eigenvalue weighted by Crippen LogP contribution is -2.12. The van der Waals surface area contributed by atoms with E-state index in [-0.39, 0.29) is 0 Å². The zero-order valence-corrected chi connectivity index (χ0v) is 6.96. The van der Waals surface area contributed by atoms with Gasteiger partial charge in [-0.15, -0.1) is 0 Å². The van der Waals surface area contributed by atoms with Gasteiger partial charge in [0.15, 0.2) is 0 Å². The Bertz CT molecular complexity index is 267. The van der Waals surface area contributed by atoms with Crippen LogP contribution in [0.2, 0.25) is 0 Å². The molecule has 11 heavy (non-hydrogen) atoms. The summed E-state index contributed by atoms with van der Waals surface area (Å²) in [6.45, 7) is 4.49. The molecule has 0 fully saturated rings. The second-order valence-corrected chi connectivity index (χ2v) is 3.31. The summed E-state index contributed by atoms with van der Waals surface area (Å²) >= 11 is 0. The average Bonchev–Trinajstić information content (AvgIpc) is 2.30. The normalized spacial score (nSPS) is 27.8. The van der Waals surface area contributed by atoms with Gasteiger partial charge in [-0.25, -0.2) is 0 Å². The summed E-state index contributed by atoms with van der Waals surface area (Å²) in [5.74, 6) is 0.659. The van der Waals surface area contributed by atoms with Crippen LogP contribution in [-0.4, -0.2) is 6.04 Å². The summed E-state index contributed by atoms with van der Waals surface area (Å²) in [5, 5.41) is 3.45. The van der Waals surface area contributed by atoms with Crippen molar-refractivity contribution in [2.24, 2.45) is 0 Å². The first kappa shape index (κ1) is 6.71. The number of benzene rings is 1. The average molecular weight is 147 g/mol. The molecule has 0 amide bonds. The van der Waals surface area contributed by atoms with Crippen molar-refractivity contribution in [1.29, 1.82) is 0 Å². The molecule has 0 saturated carbocycles. The lowest BCUT2D eigenvalue weighted by Gasteiger charge is -2.08. The molecule has 1 aliphatic rings. The SMILES string of the molecule is CC1Nc2ccccc2[C@H]1C. The largest absolute Gasteiger partial charge is 0.382 e. The number of hydrogen-bond donors (Lipinski definition) is 1. The van der Waals surface area contributed by atoms with Gasteiger partial charge in [0, 0.05) is 17.6 Å². The maximum Gasteiger partial charge on any atom is 0.0378 e. The highest BCUT2D eigenvalue weighted by Gasteiger charge is 2.23. The Hall–Kier alpha value is -0.980. The van der Waals surface area contributed by atoms with Crippen LogP contribution in [0.5, 0.6) is 0 Å². The minimum absolute atomic E-state index is 0.590. The van der Waals surface area contributed by atoms with Crippen LogP contribution in [0.3, 0.4) is 0 Å². The van der Waals surface area contributed by atoms with Crippen molar-refractivity contribution in [3.63, 3.8) is 0 Å². The zero-order chi connectivity index (χ0) is 7.84. The first-order chi connectivity index (χ1) is 5.29. The van der Waals surface area contributed by atoms with E-state index in [1.54, 1.807) is 0 Å². The van der Waals surface area contributed by atoms with Crippen LogP contribution < -0.4 is 5.32 Å². The Morgan fingerprint density at radius 2 is 1.91 bits per heavy atom. The van der Waals surface area contributed by atoms with Gasteiger partial charge >= 0.3 is 0 Å². The topological polar surface area (TPSA) is 12.0 Å². The van der Waals surface area contributed by atoms with Gasteiger partial charge in [0.2, 0.25) is 0 Å². The van der Waals surface area contributed by atoms with E-state index in [1.807, 2.05) is 0 Å². The van der Waals surface area contributed by atoms with Crippen LogP contribution >= 0.6 is 0 Å².